The molecular weight excluding hydrogens is 340 g/mol. The second kappa shape index (κ2) is 6.04. The molecule has 0 unspecified atom stereocenters. The minimum Gasteiger partial charge on any atom is -0.353 e. The van der Waals surface area contributed by atoms with Crippen molar-refractivity contribution in [3.05, 3.63) is 27.8 Å². The Morgan fingerprint density at radius 3 is 2.82 bits per heavy atom. The van der Waals surface area contributed by atoms with Gasteiger partial charge in [-0.2, -0.15) is 0 Å². The summed E-state index contributed by atoms with van der Waals surface area (Å²) >= 11 is 8.97. The third-order valence-corrected chi connectivity index (χ3v) is 5.60. The topological polar surface area (TPSA) is 58.0 Å². The molecule has 0 amide bonds. The standard InChI is InChI=1S/C13H13ClN6S2/c14-11-10(17-18-22-11)7-19-2-4-20(5-3-19)12-9-1-6-21-13(9)16-8-15-12/h1,6,8H,2-5,7H2. The lowest BCUT2D eigenvalue weighted by molar-refractivity contribution is 0.246. The van der Waals surface area contributed by atoms with E-state index in [0.29, 0.717) is 4.34 Å². The van der Waals surface area contributed by atoms with Gasteiger partial charge in [0.15, 0.2) is 0 Å². The summed E-state index contributed by atoms with van der Waals surface area (Å²) in [6.45, 7) is 4.57. The summed E-state index contributed by atoms with van der Waals surface area (Å²) in [4.78, 5) is 14.5. The first-order valence-electron chi connectivity index (χ1n) is 6.93. The van der Waals surface area contributed by atoms with Crippen LogP contribution in [0.2, 0.25) is 4.34 Å². The first-order valence-corrected chi connectivity index (χ1v) is 8.96. The summed E-state index contributed by atoms with van der Waals surface area (Å²) in [6, 6.07) is 2.10. The number of thiophene rings is 1. The van der Waals surface area contributed by atoms with Gasteiger partial charge in [-0.25, -0.2) is 9.97 Å². The van der Waals surface area contributed by atoms with Crippen LogP contribution < -0.4 is 4.90 Å². The molecule has 0 bridgehead atoms. The fourth-order valence-corrected chi connectivity index (χ4v) is 3.99. The van der Waals surface area contributed by atoms with Crippen LogP contribution in [0.25, 0.3) is 10.2 Å². The molecule has 0 saturated carbocycles. The van der Waals surface area contributed by atoms with Crippen molar-refractivity contribution in [3.63, 3.8) is 0 Å². The van der Waals surface area contributed by atoms with E-state index in [4.69, 9.17) is 11.6 Å². The van der Waals surface area contributed by atoms with Crippen molar-refractivity contribution in [1.82, 2.24) is 24.5 Å². The number of hydrogen-bond acceptors (Lipinski definition) is 8. The van der Waals surface area contributed by atoms with E-state index in [1.807, 2.05) is 0 Å². The highest BCUT2D eigenvalue weighted by Crippen LogP contribution is 2.27. The summed E-state index contributed by atoms with van der Waals surface area (Å²) in [5, 5.41) is 7.29. The van der Waals surface area contributed by atoms with Gasteiger partial charge in [0, 0.05) is 44.3 Å². The predicted molar refractivity (Wildman–Crippen MR) is 89.8 cm³/mol. The average molecular weight is 353 g/mol. The smallest absolute Gasteiger partial charge is 0.140 e. The van der Waals surface area contributed by atoms with Crippen molar-refractivity contribution in [2.75, 3.05) is 31.1 Å². The number of anilines is 1. The minimum atomic E-state index is 0.693. The van der Waals surface area contributed by atoms with Crippen molar-refractivity contribution in [3.8, 4) is 0 Å². The maximum Gasteiger partial charge on any atom is 0.140 e. The number of halogens is 1. The lowest BCUT2D eigenvalue weighted by Crippen LogP contribution is -2.46. The number of aromatic nitrogens is 4. The SMILES string of the molecule is Clc1snnc1CN1CCN(c2ncnc3sccc23)CC1. The van der Waals surface area contributed by atoms with Crippen molar-refractivity contribution < 1.29 is 0 Å². The molecule has 1 saturated heterocycles. The van der Waals surface area contributed by atoms with Gasteiger partial charge in [0.1, 0.15) is 27.0 Å². The second-order valence-electron chi connectivity index (χ2n) is 5.09. The fourth-order valence-electron chi connectivity index (χ4n) is 2.65. The summed E-state index contributed by atoms with van der Waals surface area (Å²) < 4.78 is 4.58. The van der Waals surface area contributed by atoms with Gasteiger partial charge < -0.3 is 4.90 Å². The minimum absolute atomic E-state index is 0.693. The highest BCUT2D eigenvalue weighted by molar-refractivity contribution is 7.16. The Labute approximate surface area is 140 Å². The van der Waals surface area contributed by atoms with Gasteiger partial charge in [-0.05, 0) is 11.4 Å². The third-order valence-electron chi connectivity index (χ3n) is 3.80. The maximum absolute atomic E-state index is 6.08. The number of piperazine rings is 1. The van der Waals surface area contributed by atoms with Gasteiger partial charge in [-0.15, -0.1) is 16.4 Å². The Morgan fingerprint density at radius 1 is 1.18 bits per heavy atom. The van der Waals surface area contributed by atoms with Crippen LogP contribution in [0, 0.1) is 0 Å². The largest absolute Gasteiger partial charge is 0.353 e. The van der Waals surface area contributed by atoms with Crippen molar-refractivity contribution >= 4 is 50.5 Å². The monoisotopic (exact) mass is 352 g/mol. The van der Waals surface area contributed by atoms with Crippen LogP contribution in [0.4, 0.5) is 5.82 Å². The second-order valence-corrected chi connectivity index (χ2v) is 7.34. The van der Waals surface area contributed by atoms with E-state index in [-0.39, 0.29) is 0 Å². The molecule has 9 heteroatoms. The van der Waals surface area contributed by atoms with E-state index in [1.54, 1.807) is 17.7 Å². The predicted octanol–water partition coefficient (Wildman–Crippen LogP) is 2.52. The van der Waals surface area contributed by atoms with E-state index in [0.717, 1.165) is 54.5 Å². The molecule has 0 N–H and O–H groups in total. The highest BCUT2D eigenvalue weighted by Gasteiger charge is 2.21. The number of fused-ring (bicyclic) bond motifs is 1. The first kappa shape index (κ1) is 14.3. The van der Waals surface area contributed by atoms with E-state index < -0.39 is 0 Å². The molecule has 4 rings (SSSR count). The van der Waals surface area contributed by atoms with Crippen molar-refractivity contribution in [2.45, 2.75) is 6.54 Å². The number of nitrogens with zero attached hydrogens (tertiary/aromatic N) is 6. The van der Waals surface area contributed by atoms with E-state index in [9.17, 15) is 0 Å². The molecule has 4 heterocycles. The molecule has 3 aromatic heterocycles. The van der Waals surface area contributed by atoms with Gasteiger partial charge >= 0.3 is 0 Å². The highest BCUT2D eigenvalue weighted by atomic mass is 35.5. The third kappa shape index (κ3) is 2.67. The molecule has 22 heavy (non-hydrogen) atoms. The zero-order valence-electron chi connectivity index (χ0n) is 11.6. The van der Waals surface area contributed by atoms with E-state index in [2.05, 4.69) is 40.8 Å². The van der Waals surface area contributed by atoms with Crippen molar-refractivity contribution in [1.29, 1.82) is 0 Å². The molecular formula is C13H13ClN6S2. The number of hydrogen-bond donors (Lipinski definition) is 0. The number of rotatable bonds is 3. The summed E-state index contributed by atoms with van der Waals surface area (Å²) in [5.74, 6) is 1.04. The Balaban J connectivity index is 1.46. The molecule has 0 aliphatic carbocycles. The van der Waals surface area contributed by atoms with Crippen LogP contribution in [0.15, 0.2) is 17.8 Å². The van der Waals surface area contributed by atoms with Gasteiger partial charge in [0.25, 0.3) is 0 Å². The quantitative estimate of drug-likeness (QED) is 0.722. The van der Waals surface area contributed by atoms with Gasteiger partial charge in [0.05, 0.1) is 5.39 Å². The molecule has 0 spiro atoms. The summed E-state index contributed by atoms with van der Waals surface area (Å²) in [5.41, 5.74) is 0.877. The zero-order valence-corrected chi connectivity index (χ0v) is 14.0. The maximum atomic E-state index is 6.08. The summed E-state index contributed by atoms with van der Waals surface area (Å²) in [6.07, 6.45) is 1.65. The van der Waals surface area contributed by atoms with Crippen LogP contribution in [0.5, 0.6) is 0 Å². The normalized spacial score (nSPS) is 16.5. The van der Waals surface area contributed by atoms with Gasteiger partial charge in [-0.1, -0.05) is 16.1 Å². The van der Waals surface area contributed by atoms with Crippen molar-refractivity contribution in [2.24, 2.45) is 0 Å². The molecule has 1 aliphatic rings. The van der Waals surface area contributed by atoms with Crippen LogP contribution in [-0.2, 0) is 6.54 Å². The zero-order chi connectivity index (χ0) is 14.9. The Morgan fingerprint density at radius 2 is 2.05 bits per heavy atom. The van der Waals surface area contributed by atoms with Crippen LogP contribution in [0.3, 0.4) is 0 Å². The molecule has 1 aliphatic heterocycles. The molecule has 114 valence electrons. The van der Waals surface area contributed by atoms with Crippen LogP contribution in [-0.4, -0.2) is 50.6 Å². The fraction of sp³-hybridized carbons (Fsp3) is 0.385. The molecule has 0 radical (unpaired) electrons. The Hall–Kier alpha value is -1.35. The van der Waals surface area contributed by atoms with Crippen LogP contribution in [0.1, 0.15) is 5.69 Å². The summed E-state index contributed by atoms with van der Waals surface area (Å²) in [7, 11) is 0. The van der Waals surface area contributed by atoms with Gasteiger partial charge in [-0.3, -0.25) is 4.90 Å². The van der Waals surface area contributed by atoms with E-state index in [1.165, 1.54) is 11.5 Å². The molecule has 0 atom stereocenters. The average Bonchev–Trinajstić information content (AvgIpc) is 3.17. The Kier molecular flexibility index (Phi) is 3.91. The molecule has 6 nitrogen and oxygen atoms in total. The van der Waals surface area contributed by atoms with Gasteiger partial charge in [0.2, 0.25) is 0 Å². The van der Waals surface area contributed by atoms with E-state index >= 15 is 0 Å². The molecule has 0 aromatic carbocycles. The van der Waals surface area contributed by atoms with Crippen LogP contribution >= 0.6 is 34.5 Å². The lowest BCUT2D eigenvalue weighted by atomic mass is 10.2. The molecule has 1 fully saturated rings. The lowest BCUT2D eigenvalue weighted by Gasteiger charge is -2.35. The first-order chi connectivity index (χ1) is 10.8. The molecule has 3 aromatic rings. The Bertz CT molecular complexity index is 780.